The van der Waals surface area contributed by atoms with Gasteiger partial charge in [-0.05, 0) is 31.0 Å². The van der Waals surface area contributed by atoms with Gasteiger partial charge in [-0.25, -0.2) is 4.79 Å². The highest BCUT2D eigenvalue weighted by Crippen LogP contribution is 2.26. The van der Waals surface area contributed by atoms with Crippen LogP contribution in [0.25, 0.3) is 0 Å². The maximum atomic E-state index is 12.1. The van der Waals surface area contributed by atoms with E-state index in [0.29, 0.717) is 18.8 Å². The van der Waals surface area contributed by atoms with Gasteiger partial charge in [-0.2, -0.15) is 0 Å². The fraction of sp³-hybridized carbons (Fsp3) is 0.375. The van der Waals surface area contributed by atoms with Gasteiger partial charge in [0.05, 0.1) is 19.0 Å². The number of rotatable bonds is 5. The summed E-state index contributed by atoms with van der Waals surface area (Å²) in [5, 5.41) is 16.3. The number of fused-ring (bicyclic) bond motifs is 1. The quantitative estimate of drug-likeness (QED) is 0.771. The van der Waals surface area contributed by atoms with Gasteiger partial charge in [0.25, 0.3) is 0 Å². The third kappa shape index (κ3) is 3.37. The molecule has 1 aromatic heterocycles. The van der Waals surface area contributed by atoms with Crippen molar-refractivity contribution in [1.29, 1.82) is 0 Å². The van der Waals surface area contributed by atoms with Gasteiger partial charge >= 0.3 is 6.03 Å². The number of nitrogens with one attached hydrogen (secondary N) is 3. The van der Waals surface area contributed by atoms with Crippen LogP contribution in [0.15, 0.2) is 24.5 Å². The molecular weight excluding hydrogens is 308 g/mol. The van der Waals surface area contributed by atoms with Gasteiger partial charge < -0.3 is 20.5 Å². The molecular formula is C16H20N6O2. The number of aryl methyl sites for hydroxylation is 1. The Hall–Kier alpha value is -2.90. The summed E-state index contributed by atoms with van der Waals surface area (Å²) < 4.78 is 1.87. The highest BCUT2D eigenvalue weighted by atomic mass is 16.2. The summed E-state index contributed by atoms with van der Waals surface area (Å²) in [6.07, 6.45) is 2.02. The lowest BCUT2D eigenvalue weighted by atomic mass is 10.0. The molecule has 24 heavy (non-hydrogen) atoms. The van der Waals surface area contributed by atoms with Crippen LogP contribution in [0.3, 0.4) is 0 Å². The monoisotopic (exact) mass is 328 g/mol. The normalized spacial score (nSPS) is 14.0. The van der Waals surface area contributed by atoms with Crippen molar-refractivity contribution in [2.45, 2.75) is 39.4 Å². The van der Waals surface area contributed by atoms with E-state index in [9.17, 15) is 9.59 Å². The molecule has 1 aliphatic rings. The molecule has 3 N–H and O–H groups in total. The minimum Gasteiger partial charge on any atom is -0.332 e. The van der Waals surface area contributed by atoms with E-state index in [1.165, 1.54) is 0 Å². The van der Waals surface area contributed by atoms with E-state index in [4.69, 9.17) is 0 Å². The highest BCUT2D eigenvalue weighted by molar-refractivity contribution is 5.99. The molecule has 0 saturated heterocycles. The van der Waals surface area contributed by atoms with E-state index in [1.807, 2.05) is 36.6 Å². The Morgan fingerprint density at radius 3 is 3.08 bits per heavy atom. The zero-order valence-electron chi connectivity index (χ0n) is 13.7. The average molecular weight is 328 g/mol. The third-order valence-electron chi connectivity index (χ3n) is 4.05. The molecule has 1 aliphatic heterocycles. The average Bonchev–Trinajstić information content (AvgIpc) is 3.16. The largest absolute Gasteiger partial charge is 0.332 e. The van der Waals surface area contributed by atoms with Crippen molar-refractivity contribution in [2.24, 2.45) is 0 Å². The molecule has 1 atom stereocenters. The molecule has 3 amide bonds. The number of urea groups is 1. The molecule has 0 spiro atoms. The van der Waals surface area contributed by atoms with Crippen LogP contribution in [0.5, 0.6) is 0 Å². The molecule has 0 radical (unpaired) electrons. The van der Waals surface area contributed by atoms with Crippen molar-refractivity contribution >= 4 is 17.6 Å². The second kappa shape index (κ2) is 6.69. The SMILES string of the molecule is CCn1cnnc1CNC(=O)N[C@H](C)c1ccc2c(c1)CC(=O)N2. The maximum absolute atomic E-state index is 12.1. The summed E-state index contributed by atoms with van der Waals surface area (Å²) in [5.41, 5.74) is 2.76. The van der Waals surface area contributed by atoms with Crippen molar-refractivity contribution in [1.82, 2.24) is 25.4 Å². The molecule has 0 saturated carbocycles. The van der Waals surface area contributed by atoms with Crippen molar-refractivity contribution in [3.8, 4) is 0 Å². The molecule has 126 valence electrons. The Labute approximate surface area is 139 Å². The number of aromatic nitrogens is 3. The van der Waals surface area contributed by atoms with Crippen LogP contribution in [0.4, 0.5) is 10.5 Å². The number of hydrogen-bond donors (Lipinski definition) is 3. The summed E-state index contributed by atoms with van der Waals surface area (Å²) in [6, 6.07) is 5.28. The van der Waals surface area contributed by atoms with Crippen LogP contribution in [-0.2, 0) is 24.3 Å². The molecule has 8 nitrogen and oxygen atoms in total. The van der Waals surface area contributed by atoms with Gasteiger partial charge in [0.1, 0.15) is 6.33 Å². The number of anilines is 1. The number of benzene rings is 1. The van der Waals surface area contributed by atoms with Gasteiger partial charge in [0.2, 0.25) is 5.91 Å². The predicted molar refractivity (Wildman–Crippen MR) is 88.3 cm³/mol. The molecule has 2 heterocycles. The Balaban J connectivity index is 1.56. The van der Waals surface area contributed by atoms with E-state index < -0.39 is 0 Å². The number of carbonyl (C=O) groups is 2. The topological polar surface area (TPSA) is 101 Å². The van der Waals surface area contributed by atoms with Gasteiger partial charge in [0, 0.05) is 12.2 Å². The third-order valence-corrected chi connectivity index (χ3v) is 4.05. The summed E-state index contributed by atoms with van der Waals surface area (Å²) in [4.78, 5) is 23.5. The predicted octanol–water partition coefficient (Wildman–Crippen LogP) is 1.35. The van der Waals surface area contributed by atoms with Crippen molar-refractivity contribution < 1.29 is 9.59 Å². The lowest BCUT2D eigenvalue weighted by Crippen LogP contribution is -2.37. The van der Waals surface area contributed by atoms with E-state index in [0.717, 1.165) is 23.4 Å². The van der Waals surface area contributed by atoms with Crippen LogP contribution in [0.2, 0.25) is 0 Å². The van der Waals surface area contributed by atoms with Gasteiger partial charge in [-0.15, -0.1) is 10.2 Å². The molecule has 8 heteroatoms. The second-order valence-corrected chi connectivity index (χ2v) is 5.72. The van der Waals surface area contributed by atoms with Gasteiger partial charge in [-0.3, -0.25) is 4.79 Å². The smallest absolute Gasteiger partial charge is 0.315 e. The fourth-order valence-corrected chi connectivity index (χ4v) is 2.69. The van der Waals surface area contributed by atoms with Crippen molar-refractivity contribution in [2.75, 3.05) is 5.32 Å². The van der Waals surface area contributed by atoms with Crippen LogP contribution in [-0.4, -0.2) is 26.7 Å². The number of amides is 3. The first-order valence-electron chi connectivity index (χ1n) is 7.90. The zero-order valence-corrected chi connectivity index (χ0v) is 13.7. The standard InChI is InChI=1S/C16H20N6O2/c1-3-22-9-18-21-14(22)8-17-16(24)19-10(2)11-4-5-13-12(6-11)7-15(23)20-13/h4-6,9-10H,3,7-8H2,1-2H3,(H,20,23)(H2,17,19,24)/t10-/m1/s1. The minimum absolute atomic E-state index is 0.000501. The highest BCUT2D eigenvalue weighted by Gasteiger charge is 2.19. The van der Waals surface area contributed by atoms with Crippen LogP contribution >= 0.6 is 0 Å². The summed E-state index contributed by atoms with van der Waals surface area (Å²) in [5.74, 6) is 0.711. The fourth-order valence-electron chi connectivity index (χ4n) is 2.69. The molecule has 0 aliphatic carbocycles. The molecule has 2 aromatic rings. The van der Waals surface area contributed by atoms with Crippen LogP contribution < -0.4 is 16.0 Å². The Kier molecular flexibility index (Phi) is 4.45. The van der Waals surface area contributed by atoms with Crippen molar-refractivity contribution in [3.05, 3.63) is 41.5 Å². The number of carbonyl (C=O) groups excluding carboxylic acids is 2. The zero-order chi connectivity index (χ0) is 17.1. The van der Waals surface area contributed by atoms with Crippen molar-refractivity contribution in [3.63, 3.8) is 0 Å². The Bertz CT molecular complexity index is 770. The van der Waals surface area contributed by atoms with E-state index in [2.05, 4.69) is 26.1 Å². The molecule has 0 fully saturated rings. The number of hydrogen-bond acceptors (Lipinski definition) is 4. The first kappa shape index (κ1) is 16.0. The van der Waals surface area contributed by atoms with Gasteiger partial charge in [-0.1, -0.05) is 12.1 Å². The van der Waals surface area contributed by atoms with E-state index in [-0.39, 0.29) is 18.0 Å². The first-order chi connectivity index (χ1) is 11.6. The summed E-state index contributed by atoms with van der Waals surface area (Å²) in [7, 11) is 0. The minimum atomic E-state index is -0.275. The molecule has 0 unspecified atom stereocenters. The van der Waals surface area contributed by atoms with E-state index in [1.54, 1.807) is 6.33 Å². The first-order valence-corrected chi connectivity index (χ1v) is 7.90. The molecule has 3 rings (SSSR count). The van der Waals surface area contributed by atoms with E-state index >= 15 is 0 Å². The Morgan fingerprint density at radius 2 is 2.29 bits per heavy atom. The summed E-state index contributed by atoms with van der Waals surface area (Å²) in [6.45, 7) is 4.96. The lowest BCUT2D eigenvalue weighted by Gasteiger charge is -2.16. The number of nitrogens with zero attached hydrogens (tertiary/aromatic N) is 3. The molecule has 1 aromatic carbocycles. The summed E-state index contributed by atoms with van der Waals surface area (Å²) >= 11 is 0. The van der Waals surface area contributed by atoms with Gasteiger partial charge in [0.15, 0.2) is 5.82 Å². The van der Waals surface area contributed by atoms with Crippen LogP contribution in [0.1, 0.15) is 36.8 Å². The maximum Gasteiger partial charge on any atom is 0.315 e. The van der Waals surface area contributed by atoms with Crippen LogP contribution in [0, 0.1) is 0 Å². The molecule has 0 bridgehead atoms. The Morgan fingerprint density at radius 1 is 1.46 bits per heavy atom. The lowest BCUT2D eigenvalue weighted by molar-refractivity contribution is -0.115. The second-order valence-electron chi connectivity index (χ2n) is 5.72.